The SMILES string of the molecule is COC(=O)C(CN)NS(=O)(=O)C1CCCCC1. The van der Waals surface area contributed by atoms with Gasteiger partial charge in [-0.3, -0.25) is 4.79 Å². The summed E-state index contributed by atoms with van der Waals surface area (Å²) in [4.78, 5) is 11.3. The van der Waals surface area contributed by atoms with Gasteiger partial charge < -0.3 is 10.5 Å². The minimum absolute atomic E-state index is 0.0986. The third-order valence-electron chi connectivity index (χ3n) is 3.02. The summed E-state index contributed by atoms with van der Waals surface area (Å²) in [5.41, 5.74) is 5.36. The molecule has 1 fully saturated rings. The normalized spacial score (nSPS) is 19.9. The van der Waals surface area contributed by atoms with E-state index in [9.17, 15) is 13.2 Å². The summed E-state index contributed by atoms with van der Waals surface area (Å²) < 4.78 is 30.8. The molecule has 0 aromatic heterocycles. The summed E-state index contributed by atoms with van der Waals surface area (Å²) in [7, 11) is -2.27. The summed E-state index contributed by atoms with van der Waals surface area (Å²) in [5, 5.41) is -0.407. The molecular weight excluding hydrogens is 244 g/mol. The van der Waals surface area contributed by atoms with Crippen molar-refractivity contribution in [1.82, 2.24) is 4.72 Å². The highest BCUT2D eigenvalue weighted by molar-refractivity contribution is 7.90. The zero-order valence-electron chi connectivity index (χ0n) is 10.0. The van der Waals surface area contributed by atoms with Crippen LogP contribution >= 0.6 is 0 Å². The fraction of sp³-hybridized carbons (Fsp3) is 0.900. The van der Waals surface area contributed by atoms with E-state index in [1.807, 2.05) is 0 Å². The van der Waals surface area contributed by atoms with E-state index in [4.69, 9.17) is 5.73 Å². The van der Waals surface area contributed by atoms with Crippen molar-refractivity contribution in [2.45, 2.75) is 43.4 Å². The number of nitrogens with two attached hydrogens (primary N) is 1. The molecule has 1 saturated carbocycles. The highest BCUT2D eigenvalue weighted by Crippen LogP contribution is 2.23. The number of nitrogens with one attached hydrogen (secondary N) is 1. The second-order valence-electron chi connectivity index (χ2n) is 4.23. The van der Waals surface area contributed by atoms with Crippen LogP contribution in [0.4, 0.5) is 0 Å². The van der Waals surface area contributed by atoms with Gasteiger partial charge in [0.1, 0.15) is 6.04 Å². The monoisotopic (exact) mass is 264 g/mol. The van der Waals surface area contributed by atoms with Crippen molar-refractivity contribution >= 4 is 16.0 Å². The number of ether oxygens (including phenoxy) is 1. The molecule has 0 aromatic rings. The van der Waals surface area contributed by atoms with E-state index < -0.39 is 27.3 Å². The van der Waals surface area contributed by atoms with Crippen molar-refractivity contribution in [2.24, 2.45) is 5.73 Å². The van der Waals surface area contributed by atoms with Gasteiger partial charge in [-0.15, -0.1) is 0 Å². The lowest BCUT2D eigenvalue weighted by molar-refractivity contribution is -0.142. The lowest BCUT2D eigenvalue weighted by Crippen LogP contribution is -2.49. The van der Waals surface area contributed by atoms with E-state index in [0.29, 0.717) is 12.8 Å². The van der Waals surface area contributed by atoms with Crippen molar-refractivity contribution in [3.05, 3.63) is 0 Å². The van der Waals surface area contributed by atoms with Crippen LogP contribution in [0.3, 0.4) is 0 Å². The van der Waals surface area contributed by atoms with Gasteiger partial charge in [-0.2, -0.15) is 4.72 Å². The van der Waals surface area contributed by atoms with E-state index in [2.05, 4.69) is 9.46 Å². The second-order valence-corrected chi connectivity index (χ2v) is 6.23. The van der Waals surface area contributed by atoms with Crippen molar-refractivity contribution in [3.63, 3.8) is 0 Å². The highest BCUT2D eigenvalue weighted by atomic mass is 32.2. The molecule has 0 bridgehead atoms. The first-order valence-corrected chi connectivity index (χ1v) is 7.35. The smallest absolute Gasteiger partial charge is 0.325 e. The van der Waals surface area contributed by atoms with Gasteiger partial charge in [0, 0.05) is 6.54 Å². The van der Waals surface area contributed by atoms with Gasteiger partial charge in [-0.1, -0.05) is 19.3 Å². The molecule has 1 aliphatic carbocycles. The van der Waals surface area contributed by atoms with Crippen LogP contribution in [0.25, 0.3) is 0 Å². The lowest BCUT2D eigenvalue weighted by atomic mass is 10.0. The molecular formula is C10H20N2O4S. The molecule has 1 rings (SSSR count). The Morgan fingerprint density at radius 1 is 1.41 bits per heavy atom. The maximum atomic E-state index is 12.0. The third-order valence-corrected chi connectivity index (χ3v) is 4.98. The van der Waals surface area contributed by atoms with Crippen LogP contribution in [-0.2, 0) is 19.6 Å². The molecule has 0 amide bonds. The van der Waals surface area contributed by atoms with E-state index in [1.165, 1.54) is 7.11 Å². The Morgan fingerprint density at radius 3 is 2.47 bits per heavy atom. The average molecular weight is 264 g/mol. The van der Waals surface area contributed by atoms with Gasteiger partial charge >= 0.3 is 5.97 Å². The Morgan fingerprint density at radius 2 is 2.00 bits per heavy atom. The number of carbonyl (C=O) groups excluding carboxylic acids is 1. The standard InChI is InChI=1S/C10H20N2O4S/c1-16-10(13)9(7-11)12-17(14,15)8-5-3-2-4-6-8/h8-9,12H,2-7,11H2,1H3. The molecule has 3 N–H and O–H groups in total. The van der Waals surface area contributed by atoms with Crippen LogP contribution in [0, 0.1) is 0 Å². The first-order chi connectivity index (χ1) is 8.01. The molecule has 0 radical (unpaired) electrons. The maximum Gasteiger partial charge on any atom is 0.325 e. The number of rotatable bonds is 5. The summed E-state index contributed by atoms with van der Waals surface area (Å²) in [5.74, 6) is -0.646. The minimum Gasteiger partial charge on any atom is -0.468 e. The number of esters is 1. The zero-order chi connectivity index (χ0) is 12.9. The van der Waals surface area contributed by atoms with Gasteiger partial charge in [-0.05, 0) is 12.8 Å². The third kappa shape index (κ3) is 3.93. The fourth-order valence-corrected chi connectivity index (χ4v) is 3.74. The largest absolute Gasteiger partial charge is 0.468 e. The first-order valence-electron chi connectivity index (χ1n) is 5.80. The van der Waals surface area contributed by atoms with Gasteiger partial charge in [0.2, 0.25) is 10.0 Å². The highest BCUT2D eigenvalue weighted by Gasteiger charge is 2.31. The van der Waals surface area contributed by atoms with E-state index >= 15 is 0 Å². The lowest BCUT2D eigenvalue weighted by Gasteiger charge is -2.24. The number of hydrogen-bond donors (Lipinski definition) is 2. The summed E-state index contributed by atoms with van der Waals surface area (Å²) >= 11 is 0. The van der Waals surface area contributed by atoms with E-state index in [0.717, 1.165) is 19.3 Å². The van der Waals surface area contributed by atoms with Crippen LogP contribution in [-0.4, -0.2) is 39.3 Å². The number of carbonyl (C=O) groups is 1. The predicted octanol–water partition coefficient (Wildman–Crippen LogP) is -0.261. The molecule has 0 aliphatic heterocycles. The Bertz CT molecular complexity index is 349. The number of hydrogen-bond acceptors (Lipinski definition) is 5. The molecule has 1 atom stereocenters. The van der Waals surface area contributed by atoms with Crippen molar-refractivity contribution in [1.29, 1.82) is 0 Å². The van der Waals surface area contributed by atoms with Crippen LogP contribution in [0.1, 0.15) is 32.1 Å². The van der Waals surface area contributed by atoms with Crippen LogP contribution < -0.4 is 10.5 Å². The Hall–Kier alpha value is -0.660. The van der Waals surface area contributed by atoms with E-state index in [-0.39, 0.29) is 6.54 Å². The first kappa shape index (κ1) is 14.4. The summed E-state index contributed by atoms with van der Waals surface area (Å²) in [6.45, 7) is -0.0986. The number of sulfonamides is 1. The molecule has 1 aliphatic rings. The van der Waals surface area contributed by atoms with Gasteiger partial charge in [0.25, 0.3) is 0 Å². The van der Waals surface area contributed by atoms with Crippen LogP contribution in [0.15, 0.2) is 0 Å². The van der Waals surface area contributed by atoms with E-state index in [1.54, 1.807) is 0 Å². The van der Waals surface area contributed by atoms with Crippen molar-refractivity contribution < 1.29 is 17.9 Å². The predicted molar refractivity (Wildman–Crippen MR) is 63.8 cm³/mol. The van der Waals surface area contributed by atoms with Crippen LogP contribution in [0.5, 0.6) is 0 Å². The molecule has 17 heavy (non-hydrogen) atoms. The molecule has 7 heteroatoms. The van der Waals surface area contributed by atoms with Crippen molar-refractivity contribution in [2.75, 3.05) is 13.7 Å². The minimum atomic E-state index is -3.48. The Balaban J connectivity index is 2.66. The maximum absolute atomic E-state index is 12.0. The Kier molecular flexibility index (Phi) is 5.35. The molecule has 0 spiro atoms. The van der Waals surface area contributed by atoms with Crippen molar-refractivity contribution in [3.8, 4) is 0 Å². The van der Waals surface area contributed by atoms with Gasteiger partial charge in [-0.25, -0.2) is 8.42 Å². The molecule has 6 nitrogen and oxygen atoms in total. The molecule has 1 unspecified atom stereocenters. The number of methoxy groups -OCH3 is 1. The molecule has 100 valence electrons. The second kappa shape index (κ2) is 6.32. The average Bonchev–Trinajstić information content (AvgIpc) is 2.36. The molecule has 0 heterocycles. The zero-order valence-corrected chi connectivity index (χ0v) is 10.8. The Labute approximate surface area is 102 Å². The molecule has 0 aromatic carbocycles. The summed E-state index contributed by atoms with van der Waals surface area (Å²) in [6.07, 6.45) is 4.19. The fourth-order valence-electron chi connectivity index (χ4n) is 2.00. The molecule has 0 saturated heterocycles. The van der Waals surface area contributed by atoms with Crippen LogP contribution in [0.2, 0.25) is 0 Å². The van der Waals surface area contributed by atoms with Gasteiger partial charge in [0.05, 0.1) is 12.4 Å². The quantitative estimate of drug-likeness (QED) is 0.667. The summed E-state index contributed by atoms with van der Waals surface area (Å²) in [6, 6.07) is -0.980. The topological polar surface area (TPSA) is 98.5 Å². The van der Waals surface area contributed by atoms with Gasteiger partial charge in [0.15, 0.2) is 0 Å².